The second-order valence-corrected chi connectivity index (χ2v) is 9.18. The van der Waals surface area contributed by atoms with Gasteiger partial charge in [-0.3, -0.25) is 4.79 Å². The highest BCUT2D eigenvalue weighted by Crippen LogP contribution is 2.43. The Morgan fingerprint density at radius 3 is 2.59 bits per heavy atom. The summed E-state index contributed by atoms with van der Waals surface area (Å²) in [5.41, 5.74) is 2.13. The maximum atomic E-state index is 12.8. The summed E-state index contributed by atoms with van der Waals surface area (Å²) in [6.45, 7) is 3.99. The first-order chi connectivity index (χ1) is 16.3. The van der Waals surface area contributed by atoms with Crippen molar-refractivity contribution in [2.45, 2.75) is 32.8 Å². The van der Waals surface area contributed by atoms with Gasteiger partial charge in [0.1, 0.15) is 33.5 Å². The quantitative estimate of drug-likeness (QED) is 0.316. The molecule has 178 valence electrons. The molecule has 34 heavy (non-hydrogen) atoms. The summed E-state index contributed by atoms with van der Waals surface area (Å²) < 4.78 is 6.48. The number of phenols is 2. The van der Waals surface area contributed by atoms with Crippen molar-refractivity contribution >= 4 is 49.2 Å². The molecule has 2 aromatic carbocycles. The molecular formula is C26H26Br2N2O4. The number of nitrogens with zero attached hydrogens (tertiary/aromatic N) is 1. The minimum absolute atomic E-state index is 0.0384. The van der Waals surface area contributed by atoms with E-state index in [1.165, 1.54) is 0 Å². The lowest BCUT2D eigenvalue weighted by molar-refractivity contribution is -0.114. The summed E-state index contributed by atoms with van der Waals surface area (Å²) in [5, 5.41) is 23.3. The third kappa shape index (κ3) is 6.39. The van der Waals surface area contributed by atoms with Gasteiger partial charge in [0.15, 0.2) is 0 Å². The van der Waals surface area contributed by atoms with Crippen molar-refractivity contribution in [2.24, 2.45) is 4.99 Å². The van der Waals surface area contributed by atoms with Gasteiger partial charge in [-0.25, -0.2) is 4.99 Å². The highest BCUT2D eigenvalue weighted by Gasteiger charge is 2.18. The molecule has 1 unspecified atom stereocenters. The molecule has 6 nitrogen and oxygen atoms in total. The van der Waals surface area contributed by atoms with Crippen LogP contribution in [0.4, 0.5) is 0 Å². The van der Waals surface area contributed by atoms with Gasteiger partial charge in [0.25, 0.3) is 5.91 Å². The van der Waals surface area contributed by atoms with E-state index in [4.69, 9.17) is 4.74 Å². The second kappa shape index (κ2) is 12.0. The number of hydrogen-bond donors (Lipinski definition) is 3. The number of nitrogens with one attached hydrogen (secondary N) is 1. The predicted octanol–water partition coefficient (Wildman–Crippen LogP) is 6.28. The number of allylic oxidation sites excluding steroid dienone is 1. The van der Waals surface area contributed by atoms with Crippen LogP contribution in [0.5, 0.6) is 17.2 Å². The molecule has 0 radical (unpaired) electrons. The molecule has 1 aliphatic rings. The first-order valence-electron chi connectivity index (χ1n) is 10.8. The van der Waals surface area contributed by atoms with E-state index < -0.39 is 0 Å². The Balaban J connectivity index is 1.64. The van der Waals surface area contributed by atoms with Crippen molar-refractivity contribution in [3.05, 3.63) is 80.8 Å². The Hall–Kier alpha value is -2.84. The maximum Gasteiger partial charge on any atom is 0.265 e. The van der Waals surface area contributed by atoms with E-state index >= 15 is 0 Å². The first-order valence-corrected chi connectivity index (χ1v) is 12.4. The molecule has 0 heterocycles. The van der Waals surface area contributed by atoms with E-state index in [2.05, 4.69) is 48.2 Å². The van der Waals surface area contributed by atoms with Crippen LogP contribution < -0.4 is 10.1 Å². The van der Waals surface area contributed by atoms with Gasteiger partial charge in [0.2, 0.25) is 0 Å². The van der Waals surface area contributed by atoms with Crippen LogP contribution in [0.1, 0.15) is 32.3 Å². The summed E-state index contributed by atoms with van der Waals surface area (Å²) in [5.74, 6) is 0.275. The van der Waals surface area contributed by atoms with Crippen molar-refractivity contribution in [1.82, 2.24) is 5.32 Å². The molecule has 0 fully saturated rings. The first kappa shape index (κ1) is 25.8. The van der Waals surface area contributed by atoms with Crippen LogP contribution in [0.15, 0.2) is 80.2 Å². The minimum Gasteiger partial charge on any atom is -0.506 e. The van der Waals surface area contributed by atoms with Crippen molar-refractivity contribution < 1.29 is 19.7 Å². The lowest BCUT2D eigenvalue weighted by atomic mass is 10.0. The molecule has 0 spiro atoms. The molecule has 0 bridgehead atoms. The number of ether oxygens (including phenoxy) is 1. The molecule has 1 amide bonds. The van der Waals surface area contributed by atoms with E-state index in [1.807, 2.05) is 49.4 Å². The smallest absolute Gasteiger partial charge is 0.265 e. The molecule has 3 N–H and O–H groups in total. The molecule has 0 saturated heterocycles. The average Bonchev–Trinajstić information content (AvgIpc) is 2.86. The molecular weight excluding hydrogens is 564 g/mol. The summed E-state index contributed by atoms with van der Waals surface area (Å²) in [4.78, 5) is 17.3. The highest BCUT2D eigenvalue weighted by molar-refractivity contribution is 9.11. The van der Waals surface area contributed by atoms with Crippen molar-refractivity contribution in [3.63, 3.8) is 0 Å². The molecule has 0 saturated carbocycles. The van der Waals surface area contributed by atoms with Crippen LogP contribution in [-0.4, -0.2) is 34.5 Å². The monoisotopic (exact) mass is 588 g/mol. The van der Waals surface area contributed by atoms with E-state index in [-0.39, 0.29) is 28.0 Å². The zero-order valence-electron chi connectivity index (χ0n) is 18.9. The standard InChI is InChI=1S/C26H26Br2N2O4/c1-3-21(19-14-20(27)25(32)23(28)24(19)31)30-22(4-2)26(33)29-15-16-10-12-18(13-11-16)34-17-8-6-5-7-9-17/h3,5-12,14,18,31-32H,4,13,15H2,1-2H3,(H,29,33)/b21-3-,30-22?. The summed E-state index contributed by atoms with van der Waals surface area (Å²) in [7, 11) is 0. The normalized spacial score (nSPS) is 16.2. The Kier molecular flexibility index (Phi) is 9.12. The van der Waals surface area contributed by atoms with Crippen LogP contribution in [0.2, 0.25) is 0 Å². The van der Waals surface area contributed by atoms with Crippen LogP contribution in [-0.2, 0) is 4.79 Å². The number of phenolic OH excluding ortho intramolecular Hbond substituents is 2. The lowest BCUT2D eigenvalue weighted by Gasteiger charge is -2.18. The summed E-state index contributed by atoms with van der Waals surface area (Å²) >= 11 is 6.44. The number of carbonyl (C=O) groups is 1. The molecule has 1 atom stereocenters. The third-order valence-corrected chi connectivity index (χ3v) is 6.55. The van der Waals surface area contributed by atoms with Gasteiger partial charge in [0.05, 0.1) is 10.2 Å². The van der Waals surface area contributed by atoms with E-state index in [0.717, 1.165) is 17.7 Å². The topological polar surface area (TPSA) is 91.2 Å². The number of amides is 1. The van der Waals surface area contributed by atoms with Crippen LogP contribution in [0, 0.1) is 0 Å². The zero-order chi connectivity index (χ0) is 24.7. The molecule has 0 aliphatic heterocycles. The van der Waals surface area contributed by atoms with E-state index in [0.29, 0.717) is 34.4 Å². The van der Waals surface area contributed by atoms with Crippen molar-refractivity contribution in [3.8, 4) is 17.2 Å². The van der Waals surface area contributed by atoms with Crippen LogP contribution >= 0.6 is 31.9 Å². The van der Waals surface area contributed by atoms with Gasteiger partial charge in [0, 0.05) is 18.5 Å². The van der Waals surface area contributed by atoms with E-state index in [1.54, 1.807) is 19.1 Å². The minimum atomic E-state index is -0.282. The fraction of sp³-hybridized carbons (Fsp3) is 0.231. The van der Waals surface area contributed by atoms with Crippen molar-refractivity contribution in [1.29, 1.82) is 0 Å². The zero-order valence-corrected chi connectivity index (χ0v) is 22.1. The molecule has 1 aliphatic carbocycles. The number of halogens is 2. The molecule has 0 aromatic heterocycles. The van der Waals surface area contributed by atoms with Gasteiger partial charge >= 0.3 is 0 Å². The molecule has 8 heteroatoms. The summed E-state index contributed by atoms with van der Waals surface area (Å²) in [6, 6.07) is 11.2. The predicted molar refractivity (Wildman–Crippen MR) is 142 cm³/mol. The van der Waals surface area contributed by atoms with Crippen LogP contribution in [0.3, 0.4) is 0 Å². The van der Waals surface area contributed by atoms with Gasteiger partial charge in [-0.2, -0.15) is 0 Å². The number of benzene rings is 2. The number of aliphatic imine (C=N–C) groups is 1. The summed E-state index contributed by atoms with van der Waals surface area (Å²) in [6.07, 6.45) is 8.80. The SMILES string of the molecule is C/C=C(\N=C(CC)C(=O)NCC1=CCC(Oc2ccccc2)C=C1)c1cc(Br)c(O)c(Br)c1O. The Bertz CT molecular complexity index is 1170. The second-order valence-electron chi connectivity index (χ2n) is 7.53. The Morgan fingerprint density at radius 1 is 1.24 bits per heavy atom. The fourth-order valence-corrected chi connectivity index (χ4v) is 4.45. The van der Waals surface area contributed by atoms with Gasteiger partial charge in [-0.15, -0.1) is 0 Å². The highest BCUT2D eigenvalue weighted by atomic mass is 79.9. The Labute approximate surface area is 216 Å². The average molecular weight is 590 g/mol. The van der Waals surface area contributed by atoms with Crippen molar-refractivity contribution in [2.75, 3.05) is 6.54 Å². The number of hydrogen-bond acceptors (Lipinski definition) is 5. The number of aromatic hydroxyl groups is 2. The number of para-hydroxylation sites is 1. The Morgan fingerprint density at radius 2 is 1.97 bits per heavy atom. The van der Waals surface area contributed by atoms with Gasteiger partial charge in [-0.05, 0) is 75.1 Å². The fourth-order valence-electron chi connectivity index (χ4n) is 3.33. The third-order valence-electron chi connectivity index (χ3n) is 5.19. The lowest BCUT2D eigenvalue weighted by Crippen LogP contribution is -2.32. The van der Waals surface area contributed by atoms with Gasteiger partial charge < -0.3 is 20.3 Å². The van der Waals surface area contributed by atoms with Gasteiger partial charge in [-0.1, -0.05) is 43.4 Å². The largest absolute Gasteiger partial charge is 0.506 e. The molecule has 2 aromatic rings. The number of carbonyl (C=O) groups excluding carboxylic acids is 1. The molecule has 3 rings (SSSR count). The van der Waals surface area contributed by atoms with E-state index in [9.17, 15) is 15.0 Å². The maximum absolute atomic E-state index is 12.8. The van der Waals surface area contributed by atoms with Crippen LogP contribution in [0.25, 0.3) is 5.70 Å². The number of rotatable bonds is 8.